The van der Waals surface area contributed by atoms with E-state index in [4.69, 9.17) is 23.2 Å². The molecule has 0 atom stereocenters. The summed E-state index contributed by atoms with van der Waals surface area (Å²) < 4.78 is 0. The van der Waals surface area contributed by atoms with Crippen molar-refractivity contribution >= 4 is 57.6 Å². The summed E-state index contributed by atoms with van der Waals surface area (Å²) in [5, 5.41) is 2.48. The van der Waals surface area contributed by atoms with Crippen molar-refractivity contribution in [2.24, 2.45) is 0 Å². The zero-order valence-corrected chi connectivity index (χ0v) is 15.9. The second kappa shape index (κ2) is 7.18. The molecule has 4 rings (SSSR count). The van der Waals surface area contributed by atoms with E-state index in [1.165, 1.54) is 4.90 Å². The molecular formula is C19H14Cl2N4O3. The van der Waals surface area contributed by atoms with Crippen LogP contribution in [0.5, 0.6) is 0 Å². The summed E-state index contributed by atoms with van der Waals surface area (Å²) >= 11 is 11.9. The Kier molecular flexibility index (Phi) is 4.70. The summed E-state index contributed by atoms with van der Waals surface area (Å²) in [6.07, 6.45) is 0.0703. The van der Waals surface area contributed by atoms with Gasteiger partial charge in [0.15, 0.2) is 0 Å². The number of carbonyl (C=O) groups excluding carboxylic acids is 3. The molecule has 0 unspecified atom stereocenters. The summed E-state index contributed by atoms with van der Waals surface area (Å²) in [7, 11) is 0. The van der Waals surface area contributed by atoms with E-state index in [0.717, 1.165) is 10.4 Å². The molecule has 7 nitrogen and oxygen atoms in total. The Morgan fingerprint density at radius 3 is 2.61 bits per heavy atom. The molecule has 0 spiro atoms. The predicted molar refractivity (Wildman–Crippen MR) is 106 cm³/mol. The first-order valence-electron chi connectivity index (χ1n) is 8.41. The van der Waals surface area contributed by atoms with Gasteiger partial charge in [0.25, 0.3) is 11.8 Å². The quantitative estimate of drug-likeness (QED) is 0.676. The normalized spacial score (nSPS) is 14.6. The fourth-order valence-electron chi connectivity index (χ4n) is 3.02. The number of H-pyrrole nitrogens is 1. The minimum absolute atomic E-state index is 0.0703. The van der Waals surface area contributed by atoms with Crippen molar-refractivity contribution in [3.63, 3.8) is 0 Å². The maximum Gasteiger partial charge on any atom is 0.350 e. The number of nitrogens with one attached hydrogen (secondary N) is 2. The smallest absolute Gasteiger partial charge is 0.350 e. The van der Waals surface area contributed by atoms with Gasteiger partial charge in [0.2, 0.25) is 0 Å². The minimum atomic E-state index is -0.647. The Morgan fingerprint density at radius 2 is 1.82 bits per heavy atom. The molecular weight excluding hydrogens is 403 g/mol. The van der Waals surface area contributed by atoms with Gasteiger partial charge in [-0.05, 0) is 42.5 Å². The third-order valence-electron chi connectivity index (χ3n) is 4.38. The first kappa shape index (κ1) is 18.3. The Labute approximate surface area is 169 Å². The van der Waals surface area contributed by atoms with Crippen molar-refractivity contribution in [2.45, 2.75) is 6.42 Å². The maximum atomic E-state index is 12.8. The van der Waals surface area contributed by atoms with Crippen molar-refractivity contribution in [3.8, 4) is 0 Å². The highest BCUT2D eigenvalue weighted by molar-refractivity contribution is 6.31. The van der Waals surface area contributed by atoms with Crippen molar-refractivity contribution in [1.82, 2.24) is 15.4 Å². The number of nitrogens with zero attached hydrogens (tertiary/aromatic N) is 2. The molecule has 1 fully saturated rings. The fourth-order valence-corrected chi connectivity index (χ4v) is 3.39. The molecule has 1 saturated heterocycles. The highest BCUT2D eigenvalue weighted by Crippen LogP contribution is 2.24. The van der Waals surface area contributed by atoms with Gasteiger partial charge in [-0.2, -0.15) is 5.01 Å². The highest BCUT2D eigenvalue weighted by Gasteiger charge is 2.34. The Bertz CT molecular complexity index is 1110. The topological polar surface area (TPSA) is 85.5 Å². The highest BCUT2D eigenvalue weighted by atomic mass is 35.5. The number of hydrogen-bond acceptors (Lipinski definition) is 3. The summed E-state index contributed by atoms with van der Waals surface area (Å²) in [5.74, 6) is -1.10. The molecule has 1 aliphatic heterocycles. The number of fused-ring (bicyclic) bond motifs is 1. The molecule has 9 heteroatoms. The number of urea groups is 1. The number of anilines is 1. The Hall–Kier alpha value is -3.03. The van der Waals surface area contributed by atoms with E-state index in [1.807, 2.05) is 0 Å². The molecule has 0 aliphatic carbocycles. The van der Waals surface area contributed by atoms with Gasteiger partial charge in [-0.3, -0.25) is 19.9 Å². The second-order valence-corrected chi connectivity index (χ2v) is 7.12. The lowest BCUT2D eigenvalue weighted by atomic mass is 10.2. The van der Waals surface area contributed by atoms with E-state index >= 15 is 0 Å². The van der Waals surface area contributed by atoms with Crippen molar-refractivity contribution in [1.29, 1.82) is 0 Å². The summed E-state index contributed by atoms with van der Waals surface area (Å²) in [6, 6.07) is 12.8. The molecule has 0 saturated carbocycles. The van der Waals surface area contributed by atoms with Gasteiger partial charge in [-0.15, -0.1) is 0 Å². The molecule has 0 radical (unpaired) electrons. The van der Waals surface area contributed by atoms with Gasteiger partial charge in [-0.25, -0.2) is 4.79 Å². The Morgan fingerprint density at radius 1 is 1.04 bits per heavy atom. The number of hydrazine groups is 1. The van der Waals surface area contributed by atoms with Crippen LogP contribution in [0.4, 0.5) is 10.5 Å². The number of benzene rings is 2. The summed E-state index contributed by atoms with van der Waals surface area (Å²) in [6.45, 7) is 0.204. The molecule has 3 aromatic rings. The molecule has 2 N–H and O–H groups in total. The number of aromatic amines is 1. The van der Waals surface area contributed by atoms with E-state index in [0.29, 0.717) is 21.2 Å². The average molecular weight is 417 g/mol. The molecule has 1 aromatic heterocycles. The number of imide groups is 1. The van der Waals surface area contributed by atoms with Crippen molar-refractivity contribution in [2.75, 3.05) is 11.4 Å². The minimum Gasteiger partial charge on any atom is -0.350 e. The predicted octanol–water partition coefficient (Wildman–Crippen LogP) is 3.98. The van der Waals surface area contributed by atoms with Crippen LogP contribution in [0.1, 0.15) is 16.9 Å². The van der Waals surface area contributed by atoms with Crippen molar-refractivity contribution < 1.29 is 14.4 Å². The van der Waals surface area contributed by atoms with E-state index in [2.05, 4.69) is 10.4 Å². The van der Waals surface area contributed by atoms with Gasteiger partial charge >= 0.3 is 6.03 Å². The second-order valence-electron chi connectivity index (χ2n) is 6.25. The third-order valence-corrected chi connectivity index (χ3v) is 4.85. The monoisotopic (exact) mass is 416 g/mol. The van der Waals surface area contributed by atoms with Gasteiger partial charge in [0.1, 0.15) is 5.69 Å². The molecule has 0 bridgehead atoms. The van der Waals surface area contributed by atoms with Crippen molar-refractivity contribution in [3.05, 3.63) is 64.3 Å². The van der Waals surface area contributed by atoms with Gasteiger partial charge < -0.3 is 4.98 Å². The van der Waals surface area contributed by atoms with Crippen LogP contribution in [0, 0.1) is 0 Å². The van der Waals surface area contributed by atoms with Crippen LogP contribution in [0.25, 0.3) is 10.9 Å². The first-order valence-corrected chi connectivity index (χ1v) is 9.17. The average Bonchev–Trinajstić information content (AvgIpc) is 3.08. The molecule has 4 amide bonds. The first-order chi connectivity index (χ1) is 13.4. The lowest BCUT2D eigenvalue weighted by Gasteiger charge is -2.33. The van der Waals surface area contributed by atoms with Gasteiger partial charge in [0, 0.05) is 39.6 Å². The van der Waals surface area contributed by atoms with Crippen LogP contribution in [0.15, 0.2) is 48.5 Å². The largest absolute Gasteiger partial charge is 0.350 e. The van der Waals surface area contributed by atoms with Crippen LogP contribution in [0.3, 0.4) is 0 Å². The van der Waals surface area contributed by atoms with Crippen LogP contribution >= 0.6 is 23.2 Å². The number of rotatable bonds is 3. The van der Waals surface area contributed by atoms with E-state index in [9.17, 15) is 14.4 Å². The van der Waals surface area contributed by atoms with Gasteiger partial charge in [0.05, 0.1) is 0 Å². The number of amides is 4. The summed E-state index contributed by atoms with van der Waals surface area (Å²) in [5.41, 5.74) is 3.85. The molecule has 2 heterocycles. The number of aromatic nitrogens is 1. The number of carbonyl (C=O) groups is 3. The molecule has 2 aromatic carbocycles. The van der Waals surface area contributed by atoms with Crippen LogP contribution < -0.4 is 10.3 Å². The summed E-state index contributed by atoms with van der Waals surface area (Å²) in [4.78, 5) is 41.9. The number of halogens is 2. The SMILES string of the molecule is O=C(NN1C(=O)CCN(c2cccc(Cl)c2)C1=O)c1cc2cc(Cl)ccc2[nH]1. The third kappa shape index (κ3) is 3.42. The standard InChI is InChI=1S/C19H14Cl2N4O3/c20-12-2-1-3-14(10-12)24-7-6-17(26)25(19(24)28)23-18(27)16-9-11-8-13(21)4-5-15(11)22-16/h1-5,8-10,22H,6-7H2,(H,23,27). The zero-order chi connectivity index (χ0) is 19.8. The number of hydrogen-bond donors (Lipinski definition) is 2. The Balaban J connectivity index is 1.57. The fraction of sp³-hybridized carbons (Fsp3) is 0.105. The van der Waals surface area contributed by atoms with Crippen LogP contribution in [0.2, 0.25) is 10.0 Å². The molecule has 1 aliphatic rings. The molecule has 28 heavy (non-hydrogen) atoms. The van der Waals surface area contributed by atoms with E-state index in [-0.39, 0.29) is 18.7 Å². The van der Waals surface area contributed by atoms with Crippen LogP contribution in [-0.4, -0.2) is 34.4 Å². The zero-order valence-electron chi connectivity index (χ0n) is 14.4. The van der Waals surface area contributed by atoms with E-state index in [1.54, 1.807) is 48.5 Å². The van der Waals surface area contributed by atoms with Crippen LogP contribution in [-0.2, 0) is 4.79 Å². The lowest BCUT2D eigenvalue weighted by Crippen LogP contribution is -2.59. The van der Waals surface area contributed by atoms with Gasteiger partial charge in [-0.1, -0.05) is 29.3 Å². The lowest BCUT2D eigenvalue weighted by molar-refractivity contribution is -0.130. The molecule has 142 valence electrons. The maximum absolute atomic E-state index is 12.8. The van der Waals surface area contributed by atoms with E-state index < -0.39 is 17.8 Å².